The van der Waals surface area contributed by atoms with Crippen molar-refractivity contribution in [3.63, 3.8) is 0 Å². The summed E-state index contributed by atoms with van der Waals surface area (Å²) >= 11 is 14.9. The molecule has 0 saturated heterocycles. The minimum atomic E-state index is -0.214. The lowest BCUT2D eigenvalue weighted by molar-refractivity contribution is -0.118. The topological polar surface area (TPSA) is 54.4 Å². The second-order valence-corrected chi connectivity index (χ2v) is 7.71. The first-order valence-corrected chi connectivity index (χ1v) is 9.43. The van der Waals surface area contributed by atoms with E-state index in [2.05, 4.69) is 15.5 Å². The van der Waals surface area contributed by atoms with Crippen molar-refractivity contribution < 1.29 is 4.79 Å². The number of halogens is 2. The molecule has 1 heterocycles. The van der Waals surface area contributed by atoms with Crippen LogP contribution in [0.2, 0.25) is 10.0 Å². The van der Waals surface area contributed by atoms with Crippen molar-refractivity contribution >= 4 is 68.6 Å². The van der Waals surface area contributed by atoms with Crippen molar-refractivity contribution in [2.75, 3.05) is 5.75 Å². The number of hydrogen-bond acceptors (Lipinski definition) is 5. The van der Waals surface area contributed by atoms with Gasteiger partial charge in [-0.15, -0.1) is 11.3 Å². The number of carbonyl (C=O) groups is 1. The van der Waals surface area contributed by atoms with Crippen LogP contribution < -0.4 is 5.43 Å². The molecule has 1 N–H and O–H groups in total. The minimum Gasteiger partial charge on any atom is -0.272 e. The number of nitrogens with one attached hydrogen (secondary N) is 1. The predicted molar refractivity (Wildman–Crippen MR) is 103 cm³/mol. The van der Waals surface area contributed by atoms with Crippen LogP contribution in [0.4, 0.5) is 0 Å². The number of benzene rings is 2. The van der Waals surface area contributed by atoms with Crippen LogP contribution in [0.15, 0.2) is 51.9 Å². The maximum Gasteiger partial charge on any atom is 0.250 e. The summed E-state index contributed by atoms with van der Waals surface area (Å²) in [4.78, 5) is 16.3. The molecule has 0 spiro atoms. The fraction of sp³-hybridized carbons (Fsp3) is 0.0625. The molecule has 4 nitrogen and oxygen atoms in total. The molecule has 24 heavy (non-hydrogen) atoms. The van der Waals surface area contributed by atoms with Crippen LogP contribution in [0.25, 0.3) is 10.2 Å². The van der Waals surface area contributed by atoms with Gasteiger partial charge in [0.1, 0.15) is 0 Å². The Kier molecular flexibility index (Phi) is 5.73. The number of hydrazone groups is 1. The van der Waals surface area contributed by atoms with Gasteiger partial charge in [-0.25, -0.2) is 10.4 Å². The van der Waals surface area contributed by atoms with Crippen LogP contribution in [0, 0.1) is 0 Å². The van der Waals surface area contributed by atoms with E-state index in [0.717, 1.165) is 14.6 Å². The van der Waals surface area contributed by atoms with Gasteiger partial charge in [-0.3, -0.25) is 4.79 Å². The molecule has 0 aliphatic carbocycles. The van der Waals surface area contributed by atoms with Crippen molar-refractivity contribution in [1.82, 2.24) is 10.4 Å². The molecule has 3 aromatic rings. The standard InChI is InChI=1S/C16H11Cl2N3OS2/c17-11-5-3-4-10(15(11)18)8-19-21-14(22)9-23-16-20-12-6-1-2-7-13(12)24-16/h1-8H,9H2,(H,21,22)/b19-8+. The molecule has 122 valence electrons. The van der Waals surface area contributed by atoms with Crippen LogP contribution in [-0.4, -0.2) is 22.9 Å². The quantitative estimate of drug-likeness (QED) is 0.381. The number of thioether (sulfide) groups is 1. The Morgan fingerprint density at radius 1 is 1.25 bits per heavy atom. The Morgan fingerprint density at radius 3 is 2.92 bits per heavy atom. The zero-order chi connectivity index (χ0) is 16.9. The molecule has 0 saturated carbocycles. The van der Waals surface area contributed by atoms with E-state index in [1.165, 1.54) is 18.0 Å². The van der Waals surface area contributed by atoms with Crippen LogP contribution in [0.5, 0.6) is 0 Å². The maximum absolute atomic E-state index is 11.8. The smallest absolute Gasteiger partial charge is 0.250 e. The lowest BCUT2D eigenvalue weighted by Gasteiger charge is -2.00. The van der Waals surface area contributed by atoms with Crippen LogP contribution >= 0.6 is 46.3 Å². The summed E-state index contributed by atoms with van der Waals surface area (Å²) in [5.74, 6) is 0.0223. The molecular weight excluding hydrogens is 385 g/mol. The largest absolute Gasteiger partial charge is 0.272 e. The Bertz CT molecular complexity index is 878. The molecule has 3 rings (SSSR count). The Hall–Kier alpha value is -1.60. The molecule has 0 unspecified atom stereocenters. The number of aromatic nitrogens is 1. The number of hydrogen-bond donors (Lipinski definition) is 1. The SMILES string of the molecule is O=C(CSc1nc2ccccc2s1)N/N=C/c1cccc(Cl)c1Cl. The highest BCUT2D eigenvalue weighted by Crippen LogP contribution is 2.29. The fourth-order valence-electron chi connectivity index (χ4n) is 1.87. The van der Waals surface area contributed by atoms with E-state index < -0.39 is 0 Å². The van der Waals surface area contributed by atoms with Gasteiger partial charge >= 0.3 is 0 Å². The van der Waals surface area contributed by atoms with Gasteiger partial charge in [0.05, 0.1) is 32.2 Å². The number of fused-ring (bicyclic) bond motifs is 1. The van der Waals surface area contributed by atoms with E-state index in [4.69, 9.17) is 23.2 Å². The van der Waals surface area contributed by atoms with Crippen molar-refractivity contribution in [3.05, 3.63) is 58.1 Å². The second-order valence-electron chi connectivity index (χ2n) is 4.67. The lowest BCUT2D eigenvalue weighted by Crippen LogP contribution is -2.19. The molecule has 8 heteroatoms. The van der Waals surface area contributed by atoms with Gasteiger partial charge in [0, 0.05) is 5.56 Å². The normalized spacial score (nSPS) is 11.2. The van der Waals surface area contributed by atoms with E-state index in [1.54, 1.807) is 29.5 Å². The van der Waals surface area contributed by atoms with Crippen molar-refractivity contribution in [1.29, 1.82) is 0 Å². The van der Waals surface area contributed by atoms with Gasteiger partial charge in [-0.05, 0) is 18.2 Å². The highest BCUT2D eigenvalue weighted by atomic mass is 35.5. The summed E-state index contributed by atoms with van der Waals surface area (Å²) < 4.78 is 1.96. The number of amides is 1. The van der Waals surface area contributed by atoms with Gasteiger partial charge in [0.15, 0.2) is 4.34 Å². The first-order chi connectivity index (χ1) is 11.6. The summed E-state index contributed by atoms with van der Waals surface area (Å²) in [6.45, 7) is 0. The van der Waals surface area contributed by atoms with Crippen LogP contribution in [0.3, 0.4) is 0 Å². The zero-order valence-electron chi connectivity index (χ0n) is 12.2. The van der Waals surface area contributed by atoms with E-state index in [0.29, 0.717) is 15.6 Å². The lowest BCUT2D eigenvalue weighted by atomic mass is 10.2. The van der Waals surface area contributed by atoms with Gasteiger partial charge in [-0.1, -0.05) is 59.2 Å². The average Bonchev–Trinajstić information content (AvgIpc) is 3.00. The molecule has 0 fully saturated rings. The third kappa shape index (κ3) is 4.27. The summed E-state index contributed by atoms with van der Waals surface area (Å²) in [6, 6.07) is 13.1. The number of thiazole rings is 1. The monoisotopic (exact) mass is 395 g/mol. The zero-order valence-corrected chi connectivity index (χ0v) is 15.3. The van der Waals surface area contributed by atoms with Gasteiger partial charge < -0.3 is 0 Å². The molecule has 1 amide bonds. The number of nitrogens with zero attached hydrogens (tertiary/aromatic N) is 2. The molecule has 1 aromatic heterocycles. The first kappa shape index (κ1) is 17.2. The average molecular weight is 396 g/mol. The summed E-state index contributed by atoms with van der Waals surface area (Å²) in [5, 5.41) is 4.75. The number of carbonyl (C=O) groups excluding carboxylic acids is 1. The number of rotatable bonds is 5. The van der Waals surface area contributed by atoms with E-state index in [1.807, 2.05) is 24.3 Å². The molecule has 0 radical (unpaired) electrons. The van der Waals surface area contributed by atoms with Crippen LogP contribution in [-0.2, 0) is 4.79 Å². The Labute approximate surface area is 156 Å². The Balaban J connectivity index is 1.54. The third-order valence-electron chi connectivity index (χ3n) is 2.98. The third-order valence-corrected chi connectivity index (χ3v) is 5.99. The van der Waals surface area contributed by atoms with E-state index >= 15 is 0 Å². The molecular formula is C16H11Cl2N3OS2. The van der Waals surface area contributed by atoms with E-state index in [9.17, 15) is 4.79 Å². The summed E-state index contributed by atoms with van der Waals surface area (Å²) in [7, 11) is 0. The van der Waals surface area contributed by atoms with E-state index in [-0.39, 0.29) is 11.7 Å². The van der Waals surface area contributed by atoms with Gasteiger partial charge in [0.2, 0.25) is 0 Å². The minimum absolute atomic E-state index is 0.214. The summed E-state index contributed by atoms with van der Waals surface area (Å²) in [6.07, 6.45) is 1.47. The molecule has 0 aliphatic rings. The van der Waals surface area contributed by atoms with Crippen molar-refractivity contribution in [2.24, 2.45) is 5.10 Å². The molecule has 0 aliphatic heterocycles. The molecule has 2 aromatic carbocycles. The van der Waals surface area contributed by atoms with Crippen molar-refractivity contribution in [3.8, 4) is 0 Å². The molecule has 0 atom stereocenters. The molecule has 0 bridgehead atoms. The second kappa shape index (κ2) is 7.98. The maximum atomic E-state index is 11.8. The summed E-state index contributed by atoms with van der Waals surface area (Å²) in [5.41, 5.74) is 4.05. The van der Waals surface area contributed by atoms with Gasteiger partial charge in [0.25, 0.3) is 5.91 Å². The van der Waals surface area contributed by atoms with Gasteiger partial charge in [-0.2, -0.15) is 5.10 Å². The Morgan fingerprint density at radius 2 is 2.08 bits per heavy atom. The van der Waals surface area contributed by atoms with Crippen molar-refractivity contribution in [2.45, 2.75) is 4.34 Å². The fourth-order valence-corrected chi connectivity index (χ4v) is 4.08. The highest BCUT2D eigenvalue weighted by molar-refractivity contribution is 8.01. The number of para-hydroxylation sites is 1. The highest BCUT2D eigenvalue weighted by Gasteiger charge is 2.07. The first-order valence-electron chi connectivity index (χ1n) is 6.88. The predicted octanol–water partition coefficient (Wildman–Crippen LogP) is 4.85. The van der Waals surface area contributed by atoms with Crippen LogP contribution in [0.1, 0.15) is 5.56 Å².